The smallest absolute Gasteiger partial charge is 0.321 e. The van der Waals surface area contributed by atoms with Gasteiger partial charge in [-0.3, -0.25) is 10.1 Å². The average Bonchev–Trinajstić information content (AvgIpc) is 2.37. The molecule has 1 aromatic rings. The highest BCUT2D eigenvalue weighted by Gasteiger charge is 2.09. The maximum Gasteiger partial charge on any atom is 0.321 e. The fraction of sp³-hybridized carbons (Fsp3) is 0.467. The fourth-order valence-electron chi connectivity index (χ4n) is 1.66. The number of aryl methyl sites for hydroxylation is 1. The normalized spacial score (nSPS) is 10.5. The second-order valence-electron chi connectivity index (χ2n) is 5.30. The summed E-state index contributed by atoms with van der Waals surface area (Å²) in [5.74, 6) is 0.408. The van der Waals surface area contributed by atoms with Crippen molar-refractivity contribution >= 4 is 29.4 Å². The van der Waals surface area contributed by atoms with E-state index in [2.05, 4.69) is 24.5 Å². The second kappa shape index (κ2) is 8.56. The summed E-state index contributed by atoms with van der Waals surface area (Å²) in [5, 5.41) is 4.99. The Morgan fingerprint density at radius 2 is 2.05 bits per heavy atom. The molecule has 0 atom stereocenters. The van der Waals surface area contributed by atoms with Gasteiger partial charge < -0.3 is 11.1 Å². The highest BCUT2D eigenvalue weighted by atomic mass is 32.2. The van der Waals surface area contributed by atoms with Crippen molar-refractivity contribution in [3.8, 4) is 0 Å². The molecule has 1 aromatic carbocycles. The molecule has 6 heteroatoms. The van der Waals surface area contributed by atoms with E-state index in [4.69, 9.17) is 5.73 Å². The van der Waals surface area contributed by atoms with Crippen LogP contribution < -0.4 is 16.4 Å². The van der Waals surface area contributed by atoms with Crippen molar-refractivity contribution in [3.05, 3.63) is 23.8 Å². The maximum atomic E-state index is 11.7. The Morgan fingerprint density at radius 3 is 2.67 bits per heavy atom. The van der Waals surface area contributed by atoms with Crippen molar-refractivity contribution in [3.63, 3.8) is 0 Å². The SMILES string of the molecule is Cc1cc(N)ccc1SCC(=O)NC(=O)NCCC(C)C. The number of nitrogens with one attached hydrogen (secondary N) is 2. The lowest BCUT2D eigenvalue weighted by atomic mass is 10.1. The highest BCUT2D eigenvalue weighted by Crippen LogP contribution is 2.23. The number of hydrogen-bond acceptors (Lipinski definition) is 4. The Hall–Kier alpha value is -1.69. The first-order valence-electron chi connectivity index (χ1n) is 6.95. The topological polar surface area (TPSA) is 84.2 Å². The van der Waals surface area contributed by atoms with E-state index in [0.29, 0.717) is 18.2 Å². The van der Waals surface area contributed by atoms with Crippen LogP contribution in [0.25, 0.3) is 0 Å². The van der Waals surface area contributed by atoms with Crippen LogP contribution in [0, 0.1) is 12.8 Å². The zero-order chi connectivity index (χ0) is 15.8. The molecule has 1 rings (SSSR count). The third-order valence-corrected chi connectivity index (χ3v) is 3.99. The Labute approximate surface area is 130 Å². The van der Waals surface area contributed by atoms with E-state index in [1.165, 1.54) is 11.8 Å². The molecule has 0 radical (unpaired) electrons. The monoisotopic (exact) mass is 309 g/mol. The number of anilines is 1. The zero-order valence-electron chi connectivity index (χ0n) is 12.7. The molecule has 0 heterocycles. The van der Waals surface area contributed by atoms with Gasteiger partial charge in [0.1, 0.15) is 0 Å². The number of urea groups is 1. The summed E-state index contributed by atoms with van der Waals surface area (Å²) in [6.07, 6.45) is 0.890. The number of thioether (sulfide) groups is 1. The van der Waals surface area contributed by atoms with Crippen molar-refractivity contribution in [2.75, 3.05) is 18.0 Å². The van der Waals surface area contributed by atoms with Gasteiger partial charge in [0.25, 0.3) is 0 Å². The van der Waals surface area contributed by atoms with Crippen LogP contribution in [0.2, 0.25) is 0 Å². The molecule has 0 aliphatic rings. The predicted octanol–water partition coefficient (Wildman–Crippen LogP) is 2.54. The van der Waals surface area contributed by atoms with E-state index in [0.717, 1.165) is 16.9 Å². The van der Waals surface area contributed by atoms with Gasteiger partial charge in [0, 0.05) is 17.1 Å². The number of carbonyl (C=O) groups is 2. The fourth-order valence-corrected chi connectivity index (χ4v) is 2.47. The van der Waals surface area contributed by atoms with Gasteiger partial charge in [-0.25, -0.2) is 4.79 Å². The van der Waals surface area contributed by atoms with Gasteiger partial charge in [-0.2, -0.15) is 0 Å². The van der Waals surface area contributed by atoms with Gasteiger partial charge in [-0.15, -0.1) is 11.8 Å². The van der Waals surface area contributed by atoms with Gasteiger partial charge in [-0.05, 0) is 43.0 Å². The Morgan fingerprint density at radius 1 is 1.33 bits per heavy atom. The molecule has 0 aromatic heterocycles. The third-order valence-electron chi connectivity index (χ3n) is 2.82. The highest BCUT2D eigenvalue weighted by molar-refractivity contribution is 8.00. The standard InChI is InChI=1S/C15H23N3O2S/c1-10(2)6-7-17-15(20)18-14(19)9-21-13-5-4-12(16)8-11(13)3/h4-5,8,10H,6-7,9,16H2,1-3H3,(H2,17,18,19,20). The largest absolute Gasteiger partial charge is 0.399 e. The number of benzene rings is 1. The molecule has 0 saturated carbocycles. The lowest BCUT2D eigenvalue weighted by molar-refractivity contribution is -0.117. The van der Waals surface area contributed by atoms with Crippen LogP contribution in [-0.2, 0) is 4.79 Å². The number of carbonyl (C=O) groups excluding carboxylic acids is 2. The van der Waals surface area contributed by atoms with Crippen LogP contribution in [0.4, 0.5) is 10.5 Å². The lowest BCUT2D eigenvalue weighted by Crippen LogP contribution is -2.40. The van der Waals surface area contributed by atoms with Crippen LogP contribution in [0.5, 0.6) is 0 Å². The summed E-state index contributed by atoms with van der Waals surface area (Å²) in [6.45, 7) is 6.67. The van der Waals surface area contributed by atoms with Crippen molar-refractivity contribution in [2.45, 2.75) is 32.1 Å². The molecule has 21 heavy (non-hydrogen) atoms. The number of rotatable bonds is 6. The third kappa shape index (κ3) is 7.04. The minimum absolute atomic E-state index is 0.197. The van der Waals surface area contributed by atoms with E-state index >= 15 is 0 Å². The first kappa shape index (κ1) is 17.4. The lowest BCUT2D eigenvalue weighted by Gasteiger charge is -2.09. The van der Waals surface area contributed by atoms with E-state index in [1.807, 2.05) is 19.1 Å². The molecule has 3 amide bonds. The van der Waals surface area contributed by atoms with E-state index in [9.17, 15) is 9.59 Å². The Balaban J connectivity index is 2.32. The average molecular weight is 309 g/mol. The quantitative estimate of drug-likeness (QED) is 0.557. The number of hydrogen-bond donors (Lipinski definition) is 3. The van der Waals surface area contributed by atoms with Crippen molar-refractivity contribution in [1.29, 1.82) is 0 Å². The summed E-state index contributed by atoms with van der Waals surface area (Å²) in [7, 11) is 0. The summed E-state index contributed by atoms with van der Waals surface area (Å²) in [5.41, 5.74) is 7.40. The second-order valence-corrected chi connectivity index (χ2v) is 6.32. The van der Waals surface area contributed by atoms with Crippen molar-refractivity contribution < 1.29 is 9.59 Å². The van der Waals surface area contributed by atoms with Crippen LogP contribution in [-0.4, -0.2) is 24.2 Å². The Bertz CT molecular complexity index is 504. The summed E-state index contributed by atoms with van der Waals surface area (Å²) in [6, 6.07) is 5.10. The van der Waals surface area contributed by atoms with Gasteiger partial charge >= 0.3 is 6.03 Å². The molecular weight excluding hydrogens is 286 g/mol. The van der Waals surface area contributed by atoms with Gasteiger partial charge in [0.2, 0.25) is 5.91 Å². The minimum atomic E-state index is -0.435. The number of nitrogens with two attached hydrogens (primary N) is 1. The molecule has 4 N–H and O–H groups in total. The number of nitrogen functional groups attached to an aromatic ring is 1. The minimum Gasteiger partial charge on any atom is -0.399 e. The van der Waals surface area contributed by atoms with Crippen LogP contribution in [0.1, 0.15) is 25.8 Å². The van der Waals surface area contributed by atoms with Gasteiger partial charge in [0.15, 0.2) is 0 Å². The van der Waals surface area contributed by atoms with Crippen molar-refractivity contribution in [2.24, 2.45) is 5.92 Å². The van der Waals surface area contributed by atoms with Crippen molar-refractivity contribution in [1.82, 2.24) is 10.6 Å². The number of amides is 3. The van der Waals surface area contributed by atoms with Gasteiger partial charge in [0.05, 0.1) is 5.75 Å². The molecule has 0 aliphatic heterocycles. The summed E-state index contributed by atoms with van der Waals surface area (Å²) >= 11 is 1.39. The van der Waals surface area contributed by atoms with Crippen LogP contribution >= 0.6 is 11.8 Å². The summed E-state index contributed by atoms with van der Waals surface area (Å²) in [4.78, 5) is 24.2. The van der Waals surface area contributed by atoms with E-state index in [-0.39, 0.29) is 11.7 Å². The van der Waals surface area contributed by atoms with Crippen LogP contribution in [0.3, 0.4) is 0 Å². The van der Waals surface area contributed by atoms with Gasteiger partial charge in [-0.1, -0.05) is 13.8 Å². The molecule has 0 unspecified atom stereocenters. The predicted molar refractivity (Wildman–Crippen MR) is 87.3 cm³/mol. The van der Waals surface area contributed by atoms with E-state index in [1.54, 1.807) is 6.07 Å². The molecule has 0 aliphatic carbocycles. The molecular formula is C15H23N3O2S. The molecule has 0 spiro atoms. The molecule has 5 nitrogen and oxygen atoms in total. The molecule has 0 fully saturated rings. The molecule has 116 valence electrons. The first-order chi connectivity index (χ1) is 9.88. The summed E-state index contributed by atoms with van der Waals surface area (Å²) < 4.78 is 0. The molecule has 0 bridgehead atoms. The maximum absolute atomic E-state index is 11.7. The number of imide groups is 1. The van der Waals surface area contributed by atoms with E-state index < -0.39 is 6.03 Å². The van der Waals surface area contributed by atoms with Crippen LogP contribution in [0.15, 0.2) is 23.1 Å². The molecule has 0 saturated heterocycles. The zero-order valence-corrected chi connectivity index (χ0v) is 13.5. The first-order valence-corrected chi connectivity index (χ1v) is 7.93. The Kier molecular flexibility index (Phi) is 7.08.